The summed E-state index contributed by atoms with van der Waals surface area (Å²) in [6, 6.07) is 10.3. The van der Waals surface area contributed by atoms with Gasteiger partial charge >= 0.3 is 5.97 Å². The van der Waals surface area contributed by atoms with Crippen molar-refractivity contribution < 1.29 is 18.7 Å². The van der Waals surface area contributed by atoms with Gasteiger partial charge in [-0.1, -0.05) is 6.42 Å². The van der Waals surface area contributed by atoms with Gasteiger partial charge in [-0.2, -0.15) is 0 Å². The van der Waals surface area contributed by atoms with E-state index in [-0.39, 0.29) is 17.0 Å². The summed E-state index contributed by atoms with van der Waals surface area (Å²) in [5.74, 6) is -0.223. The lowest BCUT2D eigenvalue weighted by atomic mass is 9.85. The summed E-state index contributed by atoms with van der Waals surface area (Å²) in [6.07, 6.45) is 3.42. The molecule has 0 radical (unpaired) electrons. The third-order valence-corrected chi connectivity index (χ3v) is 6.47. The molecule has 2 atom stereocenters. The summed E-state index contributed by atoms with van der Waals surface area (Å²) < 4.78 is 26.0. The van der Waals surface area contributed by atoms with E-state index in [2.05, 4.69) is 27.5 Å². The summed E-state index contributed by atoms with van der Waals surface area (Å²) in [4.78, 5) is 24.8. The van der Waals surface area contributed by atoms with Crippen molar-refractivity contribution in [2.75, 3.05) is 11.9 Å². The maximum absolute atomic E-state index is 13.0. The zero-order chi connectivity index (χ0) is 25.0. The molecule has 1 saturated heterocycles. The van der Waals surface area contributed by atoms with Gasteiger partial charge in [-0.25, -0.2) is 18.7 Å². The molecule has 3 aromatic rings. The Bertz CT molecular complexity index is 1180. The highest BCUT2D eigenvalue weighted by Gasteiger charge is 2.31. The first-order valence-electron chi connectivity index (χ1n) is 11.7. The molecule has 184 valence electrons. The van der Waals surface area contributed by atoms with Crippen molar-refractivity contribution in [2.24, 2.45) is 5.92 Å². The van der Waals surface area contributed by atoms with E-state index in [1.54, 1.807) is 6.20 Å². The molecule has 3 aromatic heterocycles. The minimum absolute atomic E-state index is 0.107. The number of nitrogens with zero attached hydrogens (tertiary/aromatic N) is 3. The van der Waals surface area contributed by atoms with Gasteiger partial charge in [-0.05, 0) is 81.6 Å². The number of aromatic nitrogens is 3. The van der Waals surface area contributed by atoms with Gasteiger partial charge in [0.25, 0.3) is 6.43 Å². The largest absolute Gasteiger partial charge is 0.481 e. The average molecular weight is 482 g/mol. The smallest absolute Gasteiger partial charge is 0.306 e. The Morgan fingerprint density at radius 3 is 2.71 bits per heavy atom. The molecule has 1 aliphatic heterocycles. The average Bonchev–Trinajstić information content (AvgIpc) is 2.81. The van der Waals surface area contributed by atoms with Crippen molar-refractivity contribution in [3.63, 3.8) is 0 Å². The van der Waals surface area contributed by atoms with E-state index >= 15 is 0 Å². The van der Waals surface area contributed by atoms with E-state index in [1.165, 1.54) is 18.3 Å². The van der Waals surface area contributed by atoms with Crippen LogP contribution in [0.1, 0.15) is 55.9 Å². The highest BCUT2D eigenvalue weighted by atomic mass is 19.3. The minimum atomic E-state index is -2.57. The number of carboxylic acids is 1. The van der Waals surface area contributed by atoms with Crippen LogP contribution < -0.4 is 10.6 Å². The number of aryl methyl sites for hydroxylation is 1. The van der Waals surface area contributed by atoms with E-state index in [1.807, 2.05) is 31.2 Å². The zero-order valence-electron chi connectivity index (χ0n) is 19.8. The van der Waals surface area contributed by atoms with Crippen molar-refractivity contribution in [2.45, 2.75) is 51.5 Å². The molecule has 0 amide bonds. The van der Waals surface area contributed by atoms with Crippen LogP contribution in [0.4, 0.5) is 20.4 Å². The van der Waals surface area contributed by atoms with Crippen LogP contribution in [0.15, 0.2) is 48.8 Å². The van der Waals surface area contributed by atoms with Crippen molar-refractivity contribution in [3.8, 4) is 11.3 Å². The Morgan fingerprint density at radius 2 is 2.00 bits per heavy atom. The van der Waals surface area contributed by atoms with Gasteiger partial charge < -0.3 is 15.7 Å². The molecule has 2 unspecified atom stereocenters. The molecule has 9 heteroatoms. The van der Waals surface area contributed by atoms with Gasteiger partial charge in [0.2, 0.25) is 0 Å². The van der Waals surface area contributed by atoms with Crippen LogP contribution in [-0.2, 0) is 10.3 Å². The van der Waals surface area contributed by atoms with E-state index in [4.69, 9.17) is 4.98 Å². The number of alkyl halides is 2. The Morgan fingerprint density at radius 1 is 1.17 bits per heavy atom. The number of carbonyl (C=O) groups is 1. The molecule has 4 heterocycles. The fraction of sp³-hybridized carbons (Fsp3) is 0.385. The molecule has 7 nitrogen and oxygen atoms in total. The molecule has 0 spiro atoms. The van der Waals surface area contributed by atoms with E-state index in [0.29, 0.717) is 36.7 Å². The standard InChI is InChI=1S/C26H29F2N5O2/c1-16-12-20(32-23(13-16)33-22-14-18(24(27)28)7-10-29-22)19-5-6-21(30-15-19)26(2)9-3-4-17(25(34)35)8-11-31-26/h5-7,10,12-15,17,24,31H,3-4,8-9,11H2,1-2H3,(H,34,35)(H,29,32,33). The zero-order valence-corrected chi connectivity index (χ0v) is 19.8. The highest BCUT2D eigenvalue weighted by molar-refractivity contribution is 5.70. The Hall–Kier alpha value is -3.46. The van der Waals surface area contributed by atoms with E-state index < -0.39 is 12.4 Å². The van der Waals surface area contributed by atoms with Crippen LogP contribution in [0.3, 0.4) is 0 Å². The molecule has 0 aromatic carbocycles. The Kier molecular flexibility index (Phi) is 7.35. The van der Waals surface area contributed by atoms with Crippen LogP contribution in [0, 0.1) is 12.8 Å². The number of anilines is 2. The van der Waals surface area contributed by atoms with Crippen LogP contribution in [-0.4, -0.2) is 32.6 Å². The van der Waals surface area contributed by atoms with Crippen LogP contribution in [0.25, 0.3) is 11.3 Å². The van der Waals surface area contributed by atoms with Gasteiger partial charge in [-0.3, -0.25) is 9.78 Å². The Balaban J connectivity index is 1.52. The number of nitrogens with one attached hydrogen (secondary N) is 2. The molecule has 4 rings (SSSR count). The number of aliphatic carboxylic acids is 1. The number of hydrogen-bond donors (Lipinski definition) is 3. The molecule has 35 heavy (non-hydrogen) atoms. The number of carboxylic acid groups (broad SMARTS) is 1. The predicted molar refractivity (Wildman–Crippen MR) is 130 cm³/mol. The summed E-state index contributed by atoms with van der Waals surface area (Å²) in [5, 5.41) is 15.8. The van der Waals surface area contributed by atoms with Crippen LogP contribution in [0.5, 0.6) is 0 Å². The summed E-state index contributed by atoms with van der Waals surface area (Å²) >= 11 is 0. The SMILES string of the molecule is Cc1cc(Nc2cc(C(F)F)ccn2)nc(-c2ccc(C3(C)CCCC(C(=O)O)CCN3)nc2)c1. The van der Waals surface area contributed by atoms with E-state index in [9.17, 15) is 18.7 Å². The van der Waals surface area contributed by atoms with Gasteiger partial charge in [0.05, 0.1) is 22.8 Å². The maximum atomic E-state index is 13.0. The Labute approximate surface area is 203 Å². The molecular weight excluding hydrogens is 452 g/mol. The second kappa shape index (κ2) is 10.4. The van der Waals surface area contributed by atoms with Crippen molar-refractivity contribution >= 4 is 17.6 Å². The molecule has 0 bridgehead atoms. The molecule has 0 saturated carbocycles. The molecule has 1 fully saturated rings. The fourth-order valence-corrected chi connectivity index (χ4v) is 4.46. The predicted octanol–water partition coefficient (Wildman–Crippen LogP) is 5.61. The second-order valence-electron chi connectivity index (χ2n) is 9.22. The number of halogens is 2. The molecular formula is C26H29F2N5O2. The molecule has 1 aliphatic rings. The first-order valence-corrected chi connectivity index (χ1v) is 11.7. The number of hydrogen-bond acceptors (Lipinski definition) is 6. The highest BCUT2D eigenvalue weighted by Crippen LogP contribution is 2.31. The van der Waals surface area contributed by atoms with Crippen LogP contribution in [0.2, 0.25) is 0 Å². The quantitative estimate of drug-likeness (QED) is 0.421. The normalized spacial score (nSPS) is 20.8. The fourth-order valence-electron chi connectivity index (χ4n) is 4.46. The minimum Gasteiger partial charge on any atom is -0.481 e. The van der Waals surface area contributed by atoms with Gasteiger partial charge in [-0.15, -0.1) is 0 Å². The lowest BCUT2D eigenvalue weighted by Gasteiger charge is -2.33. The summed E-state index contributed by atoms with van der Waals surface area (Å²) in [7, 11) is 0. The molecule has 0 aliphatic carbocycles. The topological polar surface area (TPSA) is 100 Å². The van der Waals surface area contributed by atoms with Gasteiger partial charge in [0.1, 0.15) is 11.6 Å². The number of rotatable bonds is 6. The third kappa shape index (κ3) is 5.97. The van der Waals surface area contributed by atoms with Crippen molar-refractivity contribution in [3.05, 3.63) is 65.6 Å². The maximum Gasteiger partial charge on any atom is 0.306 e. The summed E-state index contributed by atoms with van der Waals surface area (Å²) in [6.45, 7) is 4.65. The third-order valence-electron chi connectivity index (χ3n) is 6.47. The van der Waals surface area contributed by atoms with E-state index in [0.717, 1.165) is 29.7 Å². The lowest BCUT2D eigenvalue weighted by molar-refractivity contribution is -0.142. The number of pyridine rings is 3. The first kappa shape index (κ1) is 24.7. The first-order chi connectivity index (χ1) is 16.7. The van der Waals surface area contributed by atoms with Crippen molar-refractivity contribution in [1.29, 1.82) is 0 Å². The monoisotopic (exact) mass is 481 g/mol. The molecule has 3 N–H and O–H groups in total. The van der Waals surface area contributed by atoms with Gasteiger partial charge in [0, 0.05) is 23.5 Å². The van der Waals surface area contributed by atoms with Gasteiger partial charge in [0.15, 0.2) is 0 Å². The summed E-state index contributed by atoms with van der Waals surface area (Å²) in [5.41, 5.74) is 2.94. The van der Waals surface area contributed by atoms with Crippen LogP contribution >= 0.6 is 0 Å². The second-order valence-corrected chi connectivity index (χ2v) is 9.22. The van der Waals surface area contributed by atoms with Crippen molar-refractivity contribution in [1.82, 2.24) is 20.3 Å². The lowest BCUT2D eigenvalue weighted by Crippen LogP contribution is -2.43.